The SMILES string of the molecule is CC(C)(C)OC(=O)Nc1ccc(-c2ccco2)cc1. The van der Waals surface area contributed by atoms with E-state index in [1.165, 1.54) is 0 Å². The summed E-state index contributed by atoms with van der Waals surface area (Å²) >= 11 is 0. The predicted octanol–water partition coefficient (Wildman–Crippen LogP) is 4.29. The van der Waals surface area contributed by atoms with E-state index in [-0.39, 0.29) is 0 Å². The van der Waals surface area contributed by atoms with Crippen molar-refractivity contribution in [3.8, 4) is 11.3 Å². The first kappa shape index (κ1) is 13.2. The molecule has 0 fully saturated rings. The van der Waals surface area contributed by atoms with E-state index in [9.17, 15) is 4.79 Å². The largest absolute Gasteiger partial charge is 0.464 e. The third kappa shape index (κ3) is 3.88. The summed E-state index contributed by atoms with van der Waals surface area (Å²) in [6.45, 7) is 5.48. The summed E-state index contributed by atoms with van der Waals surface area (Å²) in [6.07, 6.45) is 1.17. The first-order valence-electron chi connectivity index (χ1n) is 6.08. The molecule has 0 unspecified atom stereocenters. The molecule has 0 atom stereocenters. The summed E-state index contributed by atoms with van der Waals surface area (Å²) in [5, 5.41) is 2.68. The van der Waals surface area contributed by atoms with E-state index in [2.05, 4.69) is 5.32 Å². The Labute approximate surface area is 112 Å². The van der Waals surface area contributed by atoms with Crippen molar-refractivity contribution in [3.63, 3.8) is 0 Å². The standard InChI is InChI=1S/C15H17NO3/c1-15(2,3)19-14(17)16-12-8-6-11(7-9-12)13-5-4-10-18-13/h4-10H,1-3H3,(H,16,17). The molecule has 1 N–H and O–H groups in total. The Morgan fingerprint density at radius 2 is 1.84 bits per heavy atom. The number of hydrogen-bond acceptors (Lipinski definition) is 3. The van der Waals surface area contributed by atoms with Gasteiger partial charge in [0.25, 0.3) is 0 Å². The fourth-order valence-electron chi connectivity index (χ4n) is 1.58. The van der Waals surface area contributed by atoms with Crippen LogP contribution in [0.15, 0.2) is 47.1 Å². The van der Waals surface area contributed by atoms with Crippen LogP contribution in [0.3, 0.4) is 0 Å². The van der Waals surface area contributed by atoms with Crippen molar-refractivity contribution in [2.24, 2.45) is 0 Å². The molecule has 1 aromatic heterocycles. The van der Waals surface area contributed by atoms with Gasteiger partial charge in [-0.1, -0.05) is 0 Å². The third-order valence-corrected chi connectivity index (χ3v) is 2.34. The van der Waals surface area contributed by atoms with Crippen LogP contribution in [0.25, 0.3) is 11.3 Å². The summed E-state index contributed by atoms with van der Waals surface area (Å²) < 4.78 is 10.5. The van der Waals surface area contributed by atoms with E-state index in [0.29, 0.717) is 5.69 Å². The summed E-state index contributed by atoms with van der Waals surface area (Å²) in [5.74, 6) is 0.795. The number of benzene rings is 1. The second kappa shape index (κ2) is 5.18. The molecule has 100 valence electrons. The van der Waals surface area contributed by atoms with E-state index in [4.69, 9.17) is 9.15 Å². The Morgan fingerprint density at radius 3 is 2.37 bits per heavy atom. The smallest absolute Gasteiger partial charge is 0.412 e. The van der Waals surface area contributed by atoms with Crippen LogP contribution in [0.4, 0.5) is 10.5 Å². The molecule has 2 rings (SSSR count). The highest BCUT2D eigenvalue weighted by molar-refractivity contribution is 5.85. The average Bonchev–Trinajstić information content (AvgIpc) is 2.80. The lowest BCUT2D eigenvalue weighted by atomic mass is 10.1. The zero-order valence-corrected chi connectivity index (χ0v) is 11.3. The van der Waals surface area contributed by atoms with Gasteiger partial charge in [0.2, 0.25) is 0 Å². The Bertz CT molecular complexity index is 536. The molecular formula is C15H17NO3. The molecule has 4 nitrogen and oxygen atoms in total. The van der Waals surface area contributed by atoms with Gasteiger partial charge in [-0.15, -0.1) is 0 Å². The van der Waals surface area contributed by atoms with E-state index >= 15 is 0 Å². The molecule has 0 bridgehead atoms. The van der Waals surface area contributed by atoms with Gasteiger partial charge in [0.1, 0.15) is 11.4 Å². The molecule has 0 saturated carbocycles. The Kier molecular flexibility index (Phi) is 3.60. The summed E-state index contributed by atoms with van der Waals surface area (Å²) in [5.41, 5.74) is 1.14. The highest BCUT2D eigenvalue weighted by Gasteiger charge is 2.16. The van der Waals surface area contributed by atoms with Crippen molar-refractivity contribution in [1.82, 2.24) is 0 Å². The number of rotatable bonds is 2. The number of anilines is 1. The highest BCUT2D eigenvalue weighted by atomic mass is 16.6. The minimum absolute atomic E-state index is 0.460. The monoisotopic (exact) mass is 259 g/mol. The van der Waals surface area contributed by atoms with Crippen molar-refractivity contribution in [2.45, 2.75) is 26.4 Å². The molecule has 0 radical (unpaired) electrons. The number of nitrogens with one attached hydrogen (secondary N) is 1. The van der Waals surface area contributed by atoms with Gasteiger partial charge in [-0.3, -0.25) is 5.32 Å². The van der Waals surface area contributed by atoms with Crippen molar-refractivity contribution in [2.75, 3.05) is 5.32 Å². The van der Waals surface area contributed by atoms with Gasteiger partial charge in [-0.2, -0.15) is 0 Å². The number of carbonyl (C=O) groups is 1. The van der Waals surface area contributed by atoms with Gasteiger partial charge >= 0.3 is 6.09 Å². The van der Waals surface area contributed by atoms with Crippen LogP contribution in [0.2, 0.25) is 0 Å². The van der Waals surface area contributed by atoms with Crippen LogP contribution < -0.4 is 5.32 Å². The molecule has 0 aliphatic heterocycles. The van der Waals surface area contributed by atoms with Crippen LogP contribution in [0, 0.1) is 0 Å². The van der Waals surface area contributed by atoms with Crippen LogP contribution in [-0.2, 0) is 4.74 Å². The Morgan fingerprint density at radius 1 is 1.16 bits per heavy atom. The van der Waals surface area contributed by atoms with Crippen LogP contribution in [-0.4, -0.2) is 11.7 Å². The van der Waals surface area contributed by atoms with Gasteiger partial charge in [0, 0.05) is 11.3 Å². The lowest BCUT2D eigenvalue weighted by Crippen LogP contribution is -2.27. The molecule has 2 aromatic rings. The van der Waals surface area contributed by atoms with Gasteiger partial charge < -0.3 is 9.15 Å². The summed E-state index contributed by atoms with van der Waals surface area (Å²) in [7, 11) is 0. The average molecular weight is 259 g/mol. The summed E-state index contributed by atoms with van der Waals surface area (Å²) in [4.78, 5) is 11.6. The van der Waals surface area contributed by atoms with Crippen LogP contribution in [0.1, 0.15) is 20.8 Å². The Balaban J connectivity index is 2.01. The fraction of sp³-hybridized carbons (Fsp3) is 0.267. The lowest BCUT2D eigenvalue weighted by molar-refractivity contribution is 0.0636. The number of carbonyl (C=O) groups excluding carboxylic acids is 1. The van der Waals surface area contributed by atoms with Gasteiger partial charge in [0.05, 0.1) is 6.26 Å². The first-order chi connectivity index (χ1) is 8.94. The molecule has 0 spiro atoms. The lowest BCUT2D eigenvalue weighted by Gasteiger charge is -2.19. The molecular weight excluding hydrogens is 242 g/mol. The molecule has 4 heteroatoms. The maximum Gasteiger partial charge on any atom is 0.412 e. The second-order valence-electron chi connectivity index (χ2n) is 5.18. The van der Waals surface area contributed by atoms with E-state index in [0.717, 1.165) is 11.3 Å². The van der Waals surface area contributed by atoms with E-state index in [1.54, 1.807) is 6.26 Å². The number of hydrogen-bond donors (Lipinski definition) is 1. The van der Waals surface area contributed by atoms with Gasteiger partial charge in [0.15, 0.2) is 0 Å². The zero-order valence-electron chi connectivity index (χ0n) is 11.3. The second-order valence-corrected chi connectivity index (χ2v) is 5.18. The maximum absolute atomic E-state index is 11.6. The number of ether oxygens (including phenoxy) is 1. The third-order valence-electron chi connectivity index (χ3n) is 2.34. The molecule has 0 aliphatic carbocycles. The minimum atomic E-state index is -0.502. The molecule has 19 heavy (non-hydrogen) atoms. The fourth-order valence-corrected chi connectivity index (χ4v) is 1.58. The van der Waals surface area contributed by atoms with Gasteiger partial charge in [-0.25, -0.2) is 4.79 Å². The first-order valence-corrected chi connectivity index (χ1v) is 6.08. The van der Waals surface area contributed by atoms with Crippen LogP contribution >= 0.6 is 0 Å². The topological polar surface area (TPSA) is 51.5 Å². The molecule has 1 heterocycles. The Hall–Kier alpha value is -2.23. The number of furan rings is 1. The molecule has 1 aromatic carbocycles. The molecule has 0 saturated heterocycles. The summed E-state index contributed by atoms with van der Waals surface area (Å²) in [6, 6.07) is 11.1. The van der Waals surface area contributed by atoms with E-state index < -0.39 is 11.7 Å². The maximum atomic E-state index is 11.6. The normalized spacial score (nSPS) is 11.1. The van der Waals surface area contributed by atoms with E-state index in [1.807, 2.05) is 57.2 Å². The predicted molar refractivity (Wildman–Crippen MR) is 74.0 cm³/mol. The highest BCUT2D eigenvalue weighted by Crippen LogP contribution is 2.22. The van der Waals surface area contributed by atoms with Crippen molar-refractivity contribution >= 4 is 11.8 Å². The molecule has 0 aliphatic rings. The van der Waals surface area contributed by atoms with Crippen molar-refractivity contribution < 1.29 is 13.9 Å². The molecule has 1 amide bonds. The van der Waals surface area contributed by atoms with Gasteiger partial charge in [-0.05, 0) is 57.2 Å². The van der Waals surface area contributed by atoms with Crippen molar-refractivity contribution in [1.29, 1.82) is 0 Å². The number of amides is 1. The van der Waals surface area contributed by atoms with Crippen molar-refractivity contribution in [3.05, 3.63) is 42.7 Å². The minimum Gasteiger partial charge on any atom is -0.464 e. The zero-order chi connectivity index (χ0) is 13.9. The van der Waals surface area contributed by atoms with Crippen LogP contribution in [0.5, 0.6) is 0 Å². The quantitative estimate of drug-likeness (QED) is 0.875.